The maximum Gasteiger partial charge on any atom is 0.275 e. The molecule has 1 saturated carbocycles. The molecule has 4 aromatic rings. The Kier molecular flexibility index (Phi) is 6.88. The Morgan fingerprint density at radius 2 is 2.00 bits per heavy atom. The lowest BCUT2D eigenvalue weighted by atomic mass is 10.0. The number of nitrogens with one attached hydrogen (secondary N) is 2. The maximum atomic E-state index is 14.7. The van der Waals surface area contributed by atoms with Gasteiger partial charge in [-0.2, -0.15) is 5.10 Å². The van der Waals surface area contributed by atoms with Gasteiger partial charge < -0.3 is 15.5 Å². The molecule has 13 heteroatoms. The van der Waals surface area contributed by atoms with Crippen LogP contribution in [0.15, 0.2) is 55.2 Å². The minimum absolute atomic E-state index is 0.189. The highest BCUT2D eigenvalue weighted by molar-refractivity contribution is 6.31. The van der Waals surface area contributed by atoms with E-state index in [0.29, 0.717) is 12.2 Å². The second kappa shape index (κ2) is 10.5. The van der Waals surface area contributed by atoms with Crippen molar-refractivity contribution in [3.05, 3.63) is 82.9 Å². The Morgan fingerprint density at radius 1 is 1.15 bits per heavy atom. The monoisotopic (exact) mass is 568 g/mol. The first-order valence-corrected chi connectivity index (χ1v) is 13.1. The number of piperazine rings is 1. The number of hydrogen-bond donors (Lipinski definition) is 2. The minimum Gasteiger partial charge on any atom is -0.353 e. The van der Waals surface area contributed by atoms with E-state index in [1.54, 1.807) is 10.9 Å². The lowest BCUT2D eigenvalue weighted by Gasteiger charge is -2.34. The van der Waals surface area contributed by atoms with Gasteiger partial charge in [0, 0.05) is 48.7 Å². The van der Waals surface area contributed by atoms with E-state index in [0.717, 1.165) is 55.5 Å². The van der Waals surface area contributed by atoms with Gasteiger partial charge in [-0.3, -0.25) is 14.5 Å². The Balaban J connectivity index is 1.12. The van der Waals surface area contributed by atoms with Gasteiger partial charge in [0.1, 0.15) is 11.5 Å². The summed E-state index contributed by atoms with van der Waals surface area (Å²) in [4.78, 5) is 27.7. The molecule has 206 valence electrons. The van der Waals surface area contributed by atoms with Crippen LogP contribution in [0.2, 0.25) is 5.02 Å². The van der Waals surface area contributed by atoms with Crippen LogP contribution in [-0.2, 0) is 6.54 Å². The first kappa shape index (κ1) is 26.2. The molecule has 1 aliphatic heterocycles. The largest absolute Gasteiger partial charge is 0.353 e. The van der Waals surface area contributed by atoms with Crippen LogP contribution in [0.25, 0.3) is 11.3 Å². The fourth-order valence-electron chi connectivity index (χ4n) is 4.84. The van der Waals surface area contributed by atoms with Gasteiger partial charge in [-0.25, -0.2) is 23.1 Å². The maximum absolute atomic E-state index is 14.7. The van der Waals surface area contributed by atoms with Crippen molar-refractivity contribution < 1.29 is 18.0 Å². The van der Waals surface area contributed by atoms with Gasteiger partial charge in [-0.15, -0.1) is 0 Å². The number of pyridine rings is 1. The summed E-state index contributed by atoms with van der Waals surface area (Å²) >= 11 is 5.80. The summed E-state index contributed by atoms with van der Waals surface area (Å²) in [5, 5.41) is 10.2. The van der Waals surface area contributed by atoms with Gasteiger partial charge in [-0.1, -0.05) is 23.7 Å². The van der Waals surface area contributed by atoms with E-state index in [2.05, 4.69) is 35.6 Å². The van der Waals surface area contributed by atoms with Crippen LogP contribution in [0.4, 0.5) is 24.7 Å². The molecule has 0 atom stereocenters. The second-order valence-corrected chi connectivity index (χ2v) is 10.4. The standard InChI is InChI=1S/C27H24ClF3N8O/c28-19-3-2-18(25(30)31)23(24(19)29)20-11-32-12-21(37-20)26(40)36-17-10-35-39(14-17)13-16-1-4-22(33-9-16)38-8-7-34-27(15-38)5-6-27/h1-4,9-12,14,25,34H,5-8,13,15H2,(H,36,40). The van der Waals surface area contributed by atoms with E-state index in [1.807, 2.05) is 18.3 Å². The number of aromatic nitrogens is 5. The molecule has 4 heterocycles. The Morgan fingerprint density at radius 3 is 2.75 bits per heavy atom. The van der Waals surface area contributed by atoms with Crippen LogP contribution >= 0.6 is 11.6 Å². The highest BCUT2D eigenvalue weighted by Crippen LogP contribution is 2.38. The van der Waals surface area contributed by atoms with Crippen molar-refractivity contribution in [1.29, 1.82) is 0 Å². The molecular weight excluding hydrogens is 545 g/mol. The quantitative estimate of drug-likeness (QED) is 0.333. The molecule has 1 saturated heterocycles. The molecule has 2 fully saturated rings. The summed E-state index contributed by atoms with van der Waals surface area (Å²) in [5.74, 6) is -0.771. The van der Waals surface area contributed by atoms with Crippen LogP contribution in [0.3, 0.4) is 0 Å². The molecule has 0 bridgehead atoms. The first-order chi connectivity index (χ1) is 19.3. The Bertz CT molecular complexity index is 1560. The molecule has 2 aliphatic rings. The molecular formula is C27H24ClF3N8O. The fraction of sp³-hybridized carbons (Fsp3) is 0.296. The van der Waals surface area contributed by atoms with Crippen molar-refractivity contribution in [3.63, 3.8) is 0 Å². The van der Waals surface area contributed by atoms with Crippen molar-refractivity contribution >= 4 is 29.0 Å². The lowest BCUT2D eigenvalue weighted by molar-refractivity contribution is 0.102. The number of nitrogens with zero attached hydrogens (tertiary/aromatic N) is 6. The van der Waals surface area contributed by atoms with Crippen molar-refractivity contribution in [2.24, 2.45) is 0 Å². The molecule has 1 amide bonds. The molecule has 1 aliphatic carbocycles. The number of benzene rings is 1. The molecule has 6 rings (SSSR count). The average molecular weight is 569 g/mol. The third-order valence-electron chi connectivity index (χ3n) is 7.08. The summed E-state index contributed by atoms with van der Waals surface area (Å²) in [5.41, 5.74) is 0.0749. The average Bonchev–Trinajstić information content (AvgIpc) is 3.55. The molecule has 40 heavy (non-hydrogen) atoms. The number of carbonyl (C=O) groups is 1. The highest BCUT2D eigenvalue weighted by Gasteiger charge is 2.45. The second-order valence-electron chi connectivity index (χ2n) is 9.95. The summed E-state index contributed by atoms with van der Waals surface area (Å²) in [7, 11) is 0. The first-order valence-electron chi connectivity index (χ1n) is 12.7. The summed E-state index contributed by atoms with van der Waals surface area (Å²) < 4.78 is 43.3. The van der Waals surface area contributed by atoms with Crippen molar-refractivity contribution in [2.75, 3.05) is 29.9 Å². The van der Waals surface area contributed by atoms with Crippen molar-refractivity contribution in [2.45, 2.75) is 31.4 Å². The van der Waals surface area contributed by atoms with E-state index < -0.39 is 29.3 Å². The zero-order chi connectivity index (χ0) is 27.9. The normalized spacial score (nSPS) is 16.0. The number of hydrogen-bond acceptors (Lipinski definition) is 7. The van der Waals surface area contributed by atoms with Gasteiger partial charge in [-0.05, 0) is 30.5 Å². The van der Waals surface area contributed by atoms with Crippen molar-refractivity contribution in [3.8, 4) is 11.3 Å². The summed E-state index contributed by atoms with van der Waals surface area (Å²) in [6.07, 6.45) is 6.62. The molecule has 1 aromatic carbocycles. The van der Waals surface area contributed by atoms with E-state index in [1.165, 1.54) is 19.0 Å². The van der Waals surface area contributed by atoms with E-state index in [-0.39, 0.29) is 21.9 Å². The van der Waals surface area contributed by atoms with Crippen LogP contribution < -0.4 is 15.5 Å². The molecule has 9 nitrogen and oxygen atoms in total. The number of anilines is 2. The molecule has 3 aromatic heterocycles. The van der Waals surface area contributed by atoms with E-state index >= 15 is 0 Å². The van der Waals surface area contributed by atoms with Gasteiger partial charge >= 0.3 is 0 Å². The predicted octanol–water partition coefficient (Wildman–Crippen LogP) is 4.71. The molecule has 0 radical (unpaired) electrons. The lowest BCUT2D eigenvalue weighted by Crippen LogP contribution is -2.52. The van der Waals surface area contributed by atoms with Crippen molar-refractivity contribution in [1.82, 2.24) is 30.0 Å². The third kappa shape index (κ3) is 5.36. The van der Waals surface area contributed by atoms with Gasteiger partial charge in [0.2, 0.25) is 0 Å². The highest BCUT2D eigenvalue weighted by atomic mass is 35.5. The minimum atomic E-state index is -2.98. The number of halogens is 4. The molecule has 2 N–H and O–H groups in total. The topological polar surface area (TPSA) is 101 Å². The predicted molar refractivity (Wildman–Crippen MR) is 143 cm³/mol. The molecule has 0 unspecified atom stereocenters. The summed E-state index contributed by atoms with van der Waals surface area (Å²) in [6.45, 7) is 3.28. The van der Waals surface area contributed by atoms with E-state index in [4.69, 9.17) is 11.6 Å². The van der Waals surface area contributed by atoms with Crippen LogP contribution in [0.5, 0.6) is 0 Å². The van der Waals surface area contributed by atoms with Gasteiger partial charge in [0.15, 0.2) is 5.82 Å². The van der Waals surface area contributed by atoms with Crippen LogP contribution in [-0.4, -0.2) is 55.8 Å². The zero-order valence-electron chi connectivity index (χ0n) is 21.1. The molecule has 1 spiro atoms. The Hall–Kier alpha value is -4.03. The van der Waals surface area contributed by atoms with Crippen LogP contribution in [0, 0.1) is 5.82 Å². The third-order valence-corrected chi connectivity index (χ3v) is 7.37. The van der Waals surface area contributed by atoms with Crippen LogP contribution in [0.1, 0.15) is 40.9 Å². The summed E-state index contributed by atoms with van der Waals surface area (Å²) in [6, 6.07) is 6.08. The smallest absolute Gasteiger partial charge is 0.275 e. The number of carbonyl (C=O) groups excluding carboxylic acids is 1. The number of amides is 1. The number of rotatable bonds is 7. The zero-order valence-corrected chi connectivity index (χ0v) is 21.9. The van der Waals surface area contributed by atoms with Gasteiger partial charge in [0.25, 0.3) is 12.3 Å². The van der Waals surface area contributed by atoms with E-state index in [9.17, 15) is 18.0 Å². The number of alkyl halides is 2. The fourth-order valence-corrected chi connectivity index (χ4v) is 4.99. The Labute approximate surface area is 232 Å². The SMILES string of the molecule is O=C(Nc1cnn(Cc2ccc(N3CCNC4(CC4)C3)nc2)c1)c1cncc(-c2c(C(F)F)ccc(Cl)c2F)n1. The van der Waals surface area contributed by atoms with Gasteiger partial charge in [0.05, 0.1) is 41.5 Å².